The molecule has 0 aliphatic heterocycles. The lowest BCUT2D eigenvalue weighted by Gasteiger charge is -2.63. The number of aliphatic hydroxyl groups is 3. The van der Waals surface area contributed by atoms with Crippen LogP contribution < -0.4 is 0 Å². The molecule has 4 aliphatic carbocycles. The summed E-state index contributed by atoms with van der Waals surface area (Å²) in [5, 5.41) is 32.3. The molecule has 3 fully saturated rings. The summed E-state index contributed by atoms with van der Waals surface area (Å²) < 4.78 is 0. The highest BCUT2D eigenvalue weighted by molar-refractivity contribution is 6.26. The Morgan fingerprint density at radius 3 is 2.64 bits per heavy atom. The average molecular weight is 409 g/mol. The summed E-state index contributed by atoms with van der Waals surface area (Å²) in [7, 11) is 0. The Morgan fingerprint density at radius 2 is 2.00 bits per heavy atom. The van der Waals surface area contributed by atoms with Gasteiger partial charge in [0.05, 0.1) is 11.0 Å². The van der Waals surface area contributed by atoms with E-state index < -0.39 is 39.8 Å². The van der Waals surface area contributed by atoms with Gasteiger partial charge in [-0.1, -0.05) is 32.4 Å². The Labute approximate surface area is 170 Å². The molecule has 8 atom stereocenters. The van der Waals surface area contributed by atoms with Crippen LogP contribution in [0.25, 0.3) is 0 Å². The van der Waals surface area contributed by atoms with Gasteiger partial charge in [-0.3, -0.25) is 9.59 Å². The van der Waals surface area contributed by atoms with Gasteiger partial charge in [0.15, 0.2) is 11.6 Å². The van der Waals surface area contributed by atoms with Gasteiger partial charge in [-0.15, -0.1) is 11.6 Å². The molecule has 0 saturated heterocycles. The second kappa shape index (κ2) is 6.00. The van der Waals surface area contributed by atoms with Crippen molar-refractivity contribution >= 4 is 23.2 Å². The van der Waals surface area contributed by atoms with Crippen molar-refractivity contribution in [2.75, 3.05) is 6.61 Å². The van der Waals surface area contributed by atoms with Gasteiger partial charge in [0.1, 0.15) is 12.2 Å². The molecule has 0 amide bonds. The molecule has 4 aliphatic rings. The fraction of sp³-hybridized carbons (Fsp3) is 0.727. The van der Waals surface area contributed by atoms with E-state index in [1.165, 1.54) is 6.08 Å². The zero-order chi connectivity index (χ0) is 20.7. The van der Waals surface area contributed by atoms with Crippen LogP contribution in [0.5, 0.6) is 0 Å². The lowest BCUT2D eigenvalue weighted by atomic mass is 9.45. The number of carbonyl (C=O) groups is 2. The Hall–Kier alpha value is -1.01. The third-order valence-electron chi connectivity index (χ3n) is 8.79. The van der Waals surface area contributed by atoms with Crippen molar-refractivity contribution in [2.45, 2.75) is 63.0 Å². The van der Waals surface area contributed by atoms with Crippen molar-refractivity contribution in [3.8, 4) is 0 Å². The topological polar surface area (TPSA) is 94.8 Å². The second-order valence-corrected chi connectivity index (χ2v) is 10.4. The fourth-order valence-electron chi connectivity index (χ4n) is 7.26. The Bertz CT molecular complexity index is 805. The number of rotatable bonds is 2. The first-order valence-corrected chi connectivity index (χ1v) is 10.5. The first-order valence-electron chi connectivity index (χ1n) is 10.1. The fourth-order valence-corrected chi connectivity index (χ4v) is 7.78. The summed E-state index contributed by atoms with van der Waals surface area (Å²) in [6, 6.07) is 0. The molecule has 0 bridgehead atoms. The van der Waals surface area contributed by atoms with E-state index in [4.69, 9.17) is 11.6 Å². The molecule has 5 nitrogen and oxygen atoms in total. The van der Waals surface area contributed by atoms with Crippen molar-refractivity contribution in [1.29, 1.82) is 0 Å². The molecular weight excluding hydrogens is 380 g/mol. The van der Waals surface area contributed by atoms with E-state index in [0.717, 1.165) is 5.57 Å². The third kappa shape index (κ3) is 2.09. The number of ketones is 2. The van der Waals surface area contributed by atoms with Crippen LogP contribution in [0, 0.1) is 28.6 Å². The van der Waals surface area contributed by atoms with Crippen LogP contribution in [-0.2, 0) is 9.59 Å². The van der Waals surface area contributed by atoms with Gasteiger partial charge in [-0.2, -0.15) is 0 Å². The number of carbonyl (C=O) groups excluding carboxylic acids is 2. The van der Waals surface area contributed by atoms with Crippen LogP contribution in [0.1, 0.15) is 46.5 Å². The molecule has 3 saturated carbocycles. The molecule has 154 valence electrons. The minimum atomic E-state index is -1.68. The normalized spacial score (nSPS) is 52.5. The maximum absolute atomic E-state index is 12.6. The molecule has 0 aromatic rings. The molecule has 28 heavy (non-hydrogen) atoms. The minimum absolute atomic E-state index is 0.0567. The highest BCUT2D eigenvalue weighted by Crippen LogP contribution is 2.71. The second-order valence-electron chi connectivity index (χ2n) is 9.75. The van der Waals surface area contributed by atoms with Crippen molar-refractivity contribution in [3.05, 3.63) is 23.8 Å². The van der Waals surface area contributed by atoms with Crippen LogP contribution in [0.4, 0.5) is 0 Å². The molecule has 0 aromatic carbocycles. The van der Waals surface area contributed by atoms with Crippen LogP contribution >= 0.6 is 11.6 Å². The Morgan fingerprint density at radius 1 is 1.32 bits per heavy atom. The van der Waals surface area contributed by atoms with Crippen molar-refractivity contribution in [1.82, 2.24) is 0 Å². The lowest BCUT2D eigenvalue weighted by molar-refractivity contribution is -0.179. The highest BCUT2D eigenvalue weighted by atomic mass is 35.5. The standard InChI is InChI=1S/C22H29ClO5/c1-12-8-16-15-5-4-13-9-14(25)6-7-19(13,2)21(15,23)17(26)10-20(16,3)22(12,28)18(27)11-24/h6-7,9,12,15-17,24,26,28H,4-5,8,10-11H2,1-3H3/t12-,15-,16?,17-,19-,20-,21-,22-/m0/s1. The third-order valence-corrected chi connectivity index (χ3v) is 9.72. The number of halogens is 1. The quantitative estimate of drug-likeness (QED) is 0.608. The molecule has 0 spiro atoms. The summed E-state index contributed by atoms with van der Waals surface area (Å²) in [5.41, 5.74) is -2.25. The van der Waals surface area contributed by atoms with Gasteiger partial charge < -0.3 is 15.3 Å². The summed E-state index contributed by atoms with van der Waals surface area (Å²) in [6.45, 7) is 4.97. The molecule has 0 heterocycles. The minimum Gasteiger partial charge on any atom is -0.391 e. The van der Waals surface area contributed by atoms with E-state index in [0.29, 0.717) is 19.3 Å². The van der Waals surface area contributed by atoms with Crippen molar-refractivity contribution in [3.63, 3.8) is 0 Å². The lowest BCUT2D eigenvalue weighted by Crippen LogP contribution is -2.69. The molecule has 0 radical (unpaired) electrons. The van der Waals surface area contributed by atoms with Crippen LogP contribution in [-0.4, -0.2) is 50.1 Å². The number of alkyl halides is 1. The average Bonchev–Trinajstić information content (AvgIpc) is 2.84. The summed E-state index contributed by atoms with van der Waals surface area (Å²) >= 11 is 7.30. The van der Waals surface area contributed by atoms with Gasteiger partial charge in [-0.05, 0) is 55.6 Å². The van der Waals surface area contributed by atoms with Gasteiger partial charge in [0.2, 0.25) is 0 Å². The molecular formula is C22H29ClO5. The first kappa shape index (κ1) is 20.3. The van der Waals surface area contributed by atoms with Gasteiger partial charge in [-0.25, -0.2) is 0 Å². The van der Waals surface area contributed by atoms with E-state index in [1.54, 1.807) is 6.08 Å². The maximum atomic E-state index is 12.6. The predicted molar refractivity (Wildman–Crippen MR) is 105 cm³/mol. The Balaban J connectivity index is 1.84. The van der Waals surface area contributed by atoms with Crippen LogP contribution in [0.15, 0.2) is 23.8 Å². The van der Waals surface area contributed by atoms with Crippen LogP contribution in [0.2, 0.25) is 0 Å². The predicted octanol–water partition coefficient (Wildman–Crippen LogP) is 2.17. The first-order chi connectivity index (χ1) is 13.0. The Kier molecular flexibility index (Phi) is 4.35. The van der Waals surface area contributed by atoms with Gasteiger partial charge in [0, 0.05) is 10.8 Å². The molecule has 3 N–H and O–H groups in total. The van der Waals surface area contributed by atoms with Gasteiger partial charge in [0.25, 0.3) is 0 Å². The molecule has 4 rings (SSSR count). The monoisotopic (exact) mass is 408 g/mol. The number of hydrogen-bond donors (Lipinski definition) is 3. The molecule has 0 aromatic heterocycles. The zero-order valence-corrected chi connectivity index (χ0v) is 17.4. The number of Topliss-reactive ketones (excluding diaryl/α,β-unsaturated/α-hetero) is 1. The van der Waals surface area contributed by atoms with E-state index in [2.05, 4.69) is 0 Å². The molecule has 1 unspecified atom stereocenters. The number of hydrogen-bond acceptors (Lipinski definition) is 5. The van der Waals surface area contributed by atoms with E-state index in [-0.39, 0.29) is 30.0 Å². The van der Waals surface area contributed by atoms with Crippen molar-refractivity contribution in [2.24, 2.45) is 28.6 Å². The summed E-state index contributed by atoms with van der Waals surface area (Å²) in [6.07, 6.45) is 6.22. The largest absolute Gasteiger partial charge is 0.391 e. The zero-order valence-electron chi connectivity index (χ0n) is 16.6. The van der Waals surface area contributed by atoms with Crippen molar-refractivity contribution < 1.29 is 24.9 Å². The maximum Gasteiger partial charge on any atom is 0.190 e. The molecule has 6 heteroatoms. The van der Waals surface area contributed by atoms with E-state index in [1.807, 2.05) is 26.8 Å². The summed E-state index contributed by atoms with van der Waals surface area (Å²) in [4.78, 5) is 23.5. The summed E-state index contributed by atoms with van der Waals surface area (Å²) in [5.74, 6) is -1.15. The highest BCUT2D eigenvalue weighted by Gasteiger charge is 2.74. The van der Waals surface area contributed by atoms with Gasteiger partial charge >= 0.3 is 0 Å². The van der Waals surface area contributed by atoms with E-state index in [9.17, 15) is 24.9 Å². The number of fused-ring (bicyclic) bond motifs is 5. The van der Waals surface area contributed by atoms with E-state index >= 15 is 0 Å². The van der Waals surface area contributed by atoms with Crippen LogP contribution in [0.3, 0.4) is 0 Å². The number of aliphatic hydroxyl groups excluding tert-OH is 2. The SMILES string of the molecule is C[C@H]1CC2[C@@H]3CCC4=CC(=O)C=C[C@]4(C)[C@@]3(Cl)[C@@H](O)C[C@]2(C)[C@@]1(O)C(=O)CO. The smallest absolute Gasteiger partial charge is 0.190 e. The number of allylic oxidation sites excluding steroid dienone is 4.